The van der Waals surface area contributed by atoms with Gasteiger partial charge in [-0.2, -0.15) is 4.31 Å². The molecule has 144 valence electrons. The SMILES string of the molecule is COc1cccc(CC(=O)N2CCN(S(=O)(=O)c3ccccc3Br)CC2)c1. The number of piperazine rings is 1. The Morgan fingerprint density at radius 1 is 1.07 bits per heavy atom. The van der Waals surface area contributed by atoms with Crippen LogP contribution in [-0.2, 0) is 21.2 Å². The monoisotopic (exact) mass is 452 g/mol. The fourth-order valence-electron chi connectivity index (χ4n) is 3.04. The molecular weight excluding hydrogens is 432 g/mol. The highest BCUT2D eigenvalue weighted by molar-refractivity contribution is 9.10. The van der Waals surface area contributed by atoms with Gasteiger partial charge >= 0.3 is 0 Å². The van der Waals surface area contributed by atoms with Gasteiger partial charge in [0.25, 0.3) is 0 Å². The van der Waals surface area contributed by atoms with Gasteiger partial charge in [0.05, 0.1) is 18.4 Å². The Morgan fingerprint density at radius 3 is 2.44 bits per heavy atom. The molecular formula is C19H21BrN2O4S. The summed E-state index contributed by atoms with van der Waals surface area (Å²) in [5.41, 5.74) is 0.877. The molecule has 1 aliphatic heterocycles. The number of benzene rings is 2. The minimum atomic E-state index is -3.58. The fraction of sp³-hybridized carbons (Fsp3) is 0.316. The number of ether oxygens (including phenoxy) is 1. The van der Waals surface area contributed by atoms with Crippen molar-refractivity contribution in [1.29, 1.82) is 0 Å². The molecule has 6 nitrogen and oxygen atoms in total. The highest BCUT2D eigenvalue weighted by atomic mass is 79.9. The molecule has 27 heavy (non-hydrogen) atoms. The summed E-state index contributed by atoms with van der Waals surface area (Å²) >= 11 is 3.30. The van der Waals surface area contributed by atoms with Crippen LogP contribution in [0.4, 0.5) is 0 Å². The average Bonchev–Trinajstić information content (AvgIpc) is 2.68. The van der Waals surface area contributed by atoms with E-state index < -0.39 is 10.0 Å². The van der Waals surface area contributed by atoms with Crippen LogP contribution in [0.3, 0.4) is 0 Å². The first kappa shape index (κ1) is 19.9. The molecule has 0 aromatic heterocycles. The van der Waals surface area contributed by atoms with Gasteiger partial charge in [0, 0.05) is 30.7 Å². The second-order valence-corrected chi connectivity index (χ2v) is 9.00. The van der Waals surface area contributed by atoms with Crippen molar-refractivity contribution in [3.63, 3.8) is 0 Å². The zero-order valence-electron chi connectivity index (χ0n) is 15.0. The smallest absolute Gasteiger partial charge is 0.244 e. The Bertz CT molecular complexity index is 925. The molecule has 0 spiro atoms. The average molecular weight is 453 g/mol. The van der Waals surface area contributed by atoms with Crippen LogP contribution < -0.4 is 4.74 Å². The maximum Gasteiger partial charge on any atom is 0.244 e. The van der Waals surface area contributed by atoms with Crippen LogP contribution in [0.2, 0.25) is 0 Å². The number of hydrogen-bond acceptors (Lipinski definition) is 4. The standard InChI is InChI=1S/C19H21BrN2O4S/c1-26-16-6-4-5-15(13-16)14-19(23)21-9-11-22(12-10-21)27(24,25)18-8-3-2-7-17(18)20/h2-8,13H,9-12,14H2,1H3. The number of sulfonamides is 1. The van der Waals surface area contributed by atoms with Crippen molar-refractivity contribution in [3.05, 3.63) is 58.6 Å². The van der Waals surface area contributed by atoms with E-state index in [1.165, 1.54) is 4.31 Å². The third-order valence-electron chi connectivity index (χ3n) is 4.54. The minimum absolute atomic E-state index is 0.0128. The van der Waals surface area contributed by atoms with Crippen LogP contribution in [0.25, 0.3) is 0 Å². The van der Waals surface area contributed by atoms with E-state index in [9.17, 15) is 13.2 Å². The van der Waals surface area contributed by atoms with Crippen molar-refractivity contribution < 1.29 is 17.9 Å². The maximum atomic E-state index is 12.8. The normalized spacial score (nSPS) is 15.6. The van der Waals surface area contributed by atoms with Gasteiger partial charge in [0.1, 0.15) is 5.75 Å². The summed E-state index contributed by atoms with van der Waals surface area (Å²) in [4.78, 5) is 14.5. The number of nitrogens with zero attached hydrogens (tertiary/aromatic N) is 2. The molecule has 2 aromatic carbocycles. The molecule has 1 aliphatic rings. The number of rotatable bonds is 5. The van der Waals surface area contributed by atoms with E-state index in [0.717, 1.165) is 5.56 Å². The number of halogens is 1. The fourth-order valence-corrected chi connectivity index (χ4v) is 5.43. The van der Waals surface area contributed by atoms with Crippen LogP contribution >= 0.6 is 15.9 Å². The first-order chi connectivity index (χ1) is 12.9. The van der Waals surface area contributed by atoms with Crippen molar-refractivity contribution in [1.82, 2.24) is 9.21 Å². The summed E-state index contributed by atoms with van der Waals surface area (Å²) in [5.74, 6) is 0.700. The molecule has 0 radical (unpaired) electrons. The van der Waals surface area contributed by atoms with Gasteiger partial charge in [-0.1, -0.05) is 24.3 Å². The molecule has 3 rings (SSSR count). The summed E-state index contributed by atoms with van der Waals surface area (Å²) in [6.07, 6.45) is 0.272. The zero-order valence-corrected chi connectivity index (χ0v) is 17.4. The Balaban J connectivity index is 1.63. The molecule has 1 amide bonds. The van der Waals surface area contributed by atoms with Crippen LogP contribution in [0.5, 0.6) is 5.75 Å². The molecule has 0 N–H and O–H groups in total. The van der Waals surface area contributed by atoms with Gasteiger partial charge in [-0.05, 0) is 45.8 Å². The van der Waals surface area contributed by atoms with Gasteiger partial charge in [-0.15, -0.1) is 0 Å². The number of carbonyl (C=O) groups is 1. The van der Waals surface area contributed by atoms with Gasteiger partial charge in [-0.3, -0.25) is 4.79 Å². The first-order valence-electron chi connectivity index (χ1n) is 8.57. The first-order valence-corrected chi connectivity index (χ1v) is 10.8. The van der Waals surface area contributed by atoms with Crippen LogP contribution in [0, 0.1) is 0 Å². The highest BCUT2D eigenvalue weighted by Gasteiger charge is 2.31. The van der Waals surface area contributed by atoms with E-state index in [2.05, 4.69) is 15.9 Å². The predicted octanol–water partition coefficient (Wildman–Crippen LogP) is 2.53. The third-order valence-corrected chi connectivity index (χ3v) is 7.45. The van der Waals surface area contributed by atoms with E-state index in [0.29, 0.717) is 23.3 Å². The third kappa shape index (κ3) is 4.51. The second kappa shape index (κ2) is 8.41. The molecule has 0 atom stereocenters. The molecule has 8 heteroatoms. The van der Waals surface area contributed by atoms with Gasteiger partial charge in [0.2, 0.25) is 15.9 Å². The largest absolute Gasteiger partial charge is 0.497 e. The van der Waals surface area contributed by atoms with Crippen LogP contribution in [0.15, 0.2) is 57.9 Å². The van der Waals surface area contributed by atoms with E-state index in [-0.39, 0.29) is 30.3 Å². The quantitative estimate of drug-likeness (QED) is 0.698. The Morgan fingerprint density at radius 2 is 1.78 bits per heavy atom. The lowest BCUT2D eigenvalue weighted by Crippen LogP contribution is -2.50. The van der Waals surface area contributed by atoms with Crippen molar-refractivity contribution in [2.45, 2.75) is 11.3 Å². The molecule has 0 unspecified atom stereocenters. The summed E-state index contributed by atoms with van der Waals surface area (Å²) in [6, 6.07) is 14.2. The Kier molecular flexibility index (Phi) is 6.18. The summed E-state index contributed by atoms with van der Waals surface area (Å²) in [6.45, 7) is 1.33. The molecule has 0 aliphatic carbocycles. The molecule has 2 aromatic rings. The second-order valence-electron chi connectivity index (χ2n) is 6.24. The van der Waals surface area contributed by atoms with Gasteiger partial charge < -0.3 is 9.64 Å². The lowest BCUT2D eigenvalue weighted by atomic mass is 10.1. The minimum Gasteiger partial charge on any atom is -0.497 e. The molecule has 0 saturated carbocycles. The Hall–Kier alpha value is -1.90. The van der Waals surface area contributed by atoms with Crippen molar-refractivity contribution in [2.75, 3.05) is 33.3 Å². The van der Waals surface area contributed by atoms with Crippen LogP contribution in [0.1, 0.15) is 5.56 Å². The topological polar surface area (TPSA) is 66.9 Å². The number of methoxy groups -OCH3 is 1. The molecule has 1 fully saturated rings. The van der Waals surface area contributed by atoms with Crippen LogP contribution in [-0.4, -0.2) is 56.8 Å². The maximum absolute atomic E-state index is 12.8. The van der Waals surface area contributed by atoms with Gasteiger partial charge in [-0.25, -0.2) is 8.42 Å². The summed E-state index contributed by atoms with van der Waals surface area (Å²) in [5, 5.41) is 0. The number of carbonyl (C=O) groups excluding carboxylic acids is 1. The summed E-state index contributed by atoms with van der Waals surface area (Å²) in [7, 11) is -1.99. The van der Waals surface area contributed by atoms with Crippen molar-refractivity contribution in [3.8, 4) is 5.75 Å². The lowest BCUT2D eigenvalue weighted by molar-refractivity contribution is -0.131. The van der Waals surface area contributed by atoms with E-state index in [1.54, 1.807) is 36.3 Å². The molecule has 1 saturated heterocycles. The molecule has 1 heterocycles. The summed E-state index contributed by atoms with van der Waals surface area (Å²) < 4.78 is 32.8. The predicted molar refractivity (Wildman–Crippen MR) is 106 cm³/mol. The number of amides is 1. The van der Waals surface area contributed by atoms with E-state index >= 15 is 0 Å². The van der Waals surface area contributed by atoms with Gasteiger partial charge in [0.15, 0.2) is 0 Å². The zero-order chi connectivity index (χ0) is 19.4. The number of hydrogen-bond donors (Lipinski definition) is 0. The highest BCUT2D eigenvalue weighted by Crippen LogP contribution is 2.25. The van der Waals surface area contributed by atoms with Crippen molar-refractivity contribution in [2.24, 2.45) is 0 Å². The lowest BCUT2D eigenvalue weighted by Gasteiger charge is -2.34. The van der Waals surface area contributed by atoms with Crippen molar-refractivity contribution >= 4 is 31.9 Å². The van der Waals surface area contributed by atoms with E-state index in [4.69, 9.17) is 4.74 Å². The Labute approximate surface area is 167 Å². The molecule has 0 bridgehead atoms. The van der Waals surface area contributed by atoms with E-state index in [1.807, 2.05) is 24.3 Å².